The van der Waals surface area contributed by atoms with E-state index in [-0.39, 0.29) is 12.1 Å². The lowest BCUT2D eigenvalue weighted by Gasteiger charge is -2.02. The van der Waals surface area contributed by atoms with Gasteiger partial charge in [-0.15, -0.1) is 11.3 Å². The monoisotopic (exact) mass is 288 g/mol. The SMILES string of the molecule is Cc1noc(Cn2cnc3sc4c(c3c2=O)CCC4)n1. The van der Waals surface area contributed by atoms with Crippen molar-refractivity contribution in [2.45, 2.75) is 32.7 Å². The Morgan fingerprint density at radius 3 is 3.15 bits per heavy atom. The predicted octanol–water partition coefficient (Wildman–Crippen LogP) is 1.69. The number of nitrogens with zero attached hydrogens (tertiary/aromatic N) is 4. The molecule has 20 heavy (non-hydrogen) atoms. The second-order valence-corrected chi connectivity index (χ2v) is 6.03. The fraction of sp³-hybridized carbons (Fsp3) is 0.385. The zero-order valence-corrected chi connectivity index (χ0v) is 11.7. The first kappa shape index (κ1) is 11.8. The maximum atomic E-state index is 12.6. The summed E-state index contributed by atoms with van der Waals surface area (Å²) in [6.07, 6.45) is 4.75. The van der Waals surface area contributed by atoms with Gasteiger partial charge in [-0.05, 0) is 31.7 Å². The average Bonchev–Trinajstić information content (AvgIpc) is 3.08. The van der Waals surface area contributed by atoms with Gasteiger partial charge in [-0.1, -0.05) is 5.16 Å². The Bertz CT molecular complexity index is 861. The normalized spacial score (nSPS) is 14.1. The van der Waals surface area contributed by atoms with Crippen LogP contribution in [0.2, 0.25) is 0 Å². The molecule has 3 aromatic heterocycles. The molecule has 0 aliphatic heterocycles. The highest BCUT2D eigenvalue weighted by molar-refractivity contribution is 7.18. The van der Waals surface area contributed by atoms with Crippen LogP contribution in [0.3, 0.4) is 0 Å². The molecule has 6 nitrogen and oxygen atoms in total. The summed E-state index contributed by atoms with van der Waals surface area (Å²) < 4.78 is 6.61. The van der Waals surface area contributed by atoms with Crippen LogP contribution in [-0.4, -0.2) is 19.7 Å². The molecule has 0 saturated heterocycles. The highest BCUT2D eigenvalue weighted by Crippen LogP contribution is 2.34. The van der Waals surface area contributed by atoms with Gasteiger partial charge in [0, 0.05) is 4.88 Å². The summed E-state index contributed by atoms with van der Waals surface area (Å²) in [6, 6.07) is 0. The third-order valence-electron chi connectivity index (χ3n) is 3.57. The van der Waals surface area contributed by atoms with E-state index in [9.17, 15) is 4.79 Å². The molecule has 0 bridgehead atoms. The summed E-state index contributed by atoms with van der Waals surface area (Å²) >= 11 is 1.64. The Balaban J connectivity index is 1.85. The van der Waals surface area contributed by atoms with E-state index in [4.69, 9.17) is 4.52 Å². The van der Waals surface area contributed by atoms with Crippen molar-refractivity contribution in [3.05, 3.63) is 38.8 Å². The highest BCUT2D eigenvalue weighted by Gasteiger charge is 2.21. The number of aromatic nitrogens is 4. The van der Waals surface area contributed by atoms with Gasteiger partial charge >= 0.3 is 0 Å². The molecular weight excluding hydrogens is 276 g/mol. The quantitative estimate of drug-likeness (QED) is 0.717. The van der Waals surface area contributed by atoms with Gasteiger partial charge < -0.3 is 4.52 Å². The van der Waals surface area contributed by atoms with Crippen LogP contribution in [-0.2, 0) is 19.4 Å². The van der Waals surface area contributed by atoms with Crippen molar-refractivity contribution in [2.75, 3.05) is 0 Å². The standard InChI is InChI=1S/C13H12N4O2S/c1-7-15-10(19-16-7)5-17-6-14-12-11(13(17)18)8-3-2-4-9(8)20-12/h6H,2-5H2,1H3. The first-order valence-electron chi connectivity index (χ1n) is 6.51. The third-order valence-corrected chi connectivity index (χ3v) is 4.77. The first-order valence-corrected chi connectivity index (χ1v) is 7.33. The van der Waals surface area contributed by atoms with Crippen LogP contribution in [0.1, 0.15) is 28.6 Å². The fourth-order valence-electron chi connectivity index (χ4n) is 2.68. The molecule has 1 aliphatic carbocycles. The summed E-state index contributed by atoms with van der Waals surface area (Å²) in [5.41, 5.74) is 1.18. The van der Waals surface area contributed by atoms with Gasteiger partial charge in [-0.3, -0.25) is 9.36 Å². The lowest BCUT2D eigenvalue weighted by molar-refractivity contribution is 0.366. The van der Waals surface area contributed by atoms with Gasteiger partial charge in [-0.2, -0.15) is 4.98 Å². The number of rotatable bonds is 2. The van der Waals surface area contributed by atoms with E-state index in [1.165, 1.54) is 10.4 Å². The lowest BCUT2D eigenvalue weighted by Crippen LogP contribution is -2.21. The minimum atomic E-state index is -0.00902. The maximum Gasteiger partial charge on any atom is 0.262 e. The second kappa shape index (κ2) is 4.24. The number of fused-ring (bicyclic) bond motifs is 3. The summed E-state index contributed by atoms with van der Waals surface area (Å²) in [6.45, 7) is 2.02. The minimum absolute atomic E-state index is 0.00902. The Hall–Kier alpha value is -2.02. The van der Waals surface area contributed by atoms with Gasteiger partial charge in [0.25, 0.3) is 5.56 Å². The molecule has 3 heterocycles. The van der Waals surface area contributed by atoms with Crippen molar-refractivity contribution in [3.8, 4) is 0 Å². The average molecular weight is 288 g/mol. The predicted molar refractivity (Wildman–Crippen MR) is 74.0 cm³/mol. The van der Waals surface area contributed by atoms with E-state index in [1.807, 2.05) is 0 Å². The number of thiophene rings is 1. The molecule has 1 aliphatic rings. The van der Waals surface area contributed by atoms with E-state index in [0.29, 0.717) is 11.7 Å². The van der Waals surface area contributed by atoms with Gasteiger partial charge in [0.2, 0.25) is 5.89 Å². The Morgan fingerprint density at radius 1 is 1.45 bits per heavy atom. The van der Waals surface area contributed by atoms with E-state index in [0.717, 1.165) is 29.5 Å². The van der Waals surface area contributed by atoms with Gasteiger partial charge in [0.15, 0.2) is 5.82 Å². The molecule has 7 heteroatoms. The molecule has 0 spiro atoms. The molecule has 0 N–H and O–H groups in total. The molecule has 4 rings (SSSR count). The molecule has 0 amide bonds. The number of aryl methyl sites for hydroxylation is 3. The summed E-state index contributed by atoms with van der Waals surface area (Å²) in [5.74, 6) is 0.996. The van der Waals surface area contributed by atoms with Gasteiger partial charge in [0.05, 0.1) is 11.7 Å². The molecule has 0 radical (unpaired) electrons. The van der Waals surface area contributed by atoms with E-state index >= 15 is 0 Å². The topological polar surface area (TPSA) is 73.8 Å². The smallest absolute Gasteiger partial charge is 0.262 e. The highest BCUT2D eigenvalue weighted by atomic mass is 32.1. The molecule has 102 valence electrons. The Morgan fingerprint density at radius 2 is 2.35 bits per heavy atom. The second-order valence-electron chi connectivity index (χ2n) is 4.95. The maximum absolute atomic E-state index is 12.6. The van der Waals surface area contributed by atoms with Crippen molar-refractivity contribution in [2.24, 2.45) is 0 Å². The molecule has 0 unspecified atom stereocenters. The van der Waals surface area contributed by atoms with Crippen LogP contribution in [0, 0.1) is 6.92 Å². The zero-order chi connectivity index (χ0) is 13.7. The molecular formula is C13H12N4O2S. The van der Waals surface area contributed by atoms with Crippen molar-refractivity contribution < 1.29 is 4.52 Å². The number of hydrogen-bond donors (Lipinski definition) is 0. The molecule has 0 atom stereocenters. The van der Waals surface area contributed by atoms with Crippen LogP contribution < -0.4 is 5.56 Å². The van der Waals surface area contributed by atoms with Crippen LogP contribution in [0.15, 0.2) is 15.6 Å². The van der Waals surface area contributed by atoms with E-state index < -0.39 is 0 Å². The molecule has 0 fully saturated rings. The number of hydrogen-bond acceptors (Lipinski definition) is 6. The summed E-state index contributed by atoms with van der Waals surface area (Å²) in [7, 11) is 0. The Kier molecular flexibility index (Phi) is 2.50. The fourth-order valence-corrected chi connectivity index (χ4v) is 3.90. The zero-order valence-electron chi connectivity index (χ0n) is 10.9. The largest absolute Gasteiger partial charge is 0.337 e. The van der Waals surface area contributed by atoms with E-state index in [2.05, 4.69) is 15.1 Å². The minimum Gasteiger partial charge on any atom is -0.337 e. The van der Waals surface area contributed by atoms with Crippen LogP contribution in [0.4, 0.5) is 0 Å². The van der Waals surface area contributed by atoms with Crippen molar-refractivity contribution in [1.82, 2.24) is 19.7 Å². The molecule has 0 aromatic carbocycles. The summed E-state index contributed by atoms with van der Waals surface area (Å²) in [5, 5.41) is 4.51. The lowest BCUT2D eigenvalue weighted by atomic mass is 10.2. The molecule has 0 saturated carbocycles. The Labute approximate surface area is 118 Å². The van der Waals surface area contributed by atoms with Crippen molar-refractivity contribution >= 4 is 21.6 Å². The first-order chi connectivity index (χ1) is 9.72. The summed E-state index contributed by atoms with van der Waals surface area (Å²) in [4.78, 5) is 23.3. The van der Waals surface area contributed by atoms with Crippen molar-refractivity contribution in [3.63, 3.8) is 0 Å². The van der Waals surface area contributed by atoms with Crippen molar-refractivity contribution in [1.29, 1.82) is 0 Å². The third kappa shape index (κ3) is 1.70. The van der Waals surface area contributed by atoms with Gasteiger partial charge in [-0.25, -0.2) is 4.98 Å². The molecule has 3 aromatic rings. The van der Waals surface area contributed by atoms with Crippen LogP contribution in [0.25, 0.3) is 10.2 Å². The van der Waals surface area contributed by atoms with Crippen LogP contribution >= 0.6 is 11.3 Å². The van der Waals surface area contributed by atoms with Gasteiger partial charge in [0.1, 0.15) is 11.4 Å². The van der Waals surface area contributed by atoms with Crippen LogP contribution in [0.5, 0.6) is 0 Å². The van der Waals surface area contributed by atoms with E-state index in [1.54, 1.807) is 29.2 Å².